The van der Waals surface area contributed by atoms with Gasteiger partial charge >= 0.3 is 0 Å². The number of amides is 1. The molecule has 0 unspecified atom stereocenters. The largest absolute Gasteiger partial charge is 0.347 e. The van der Waals surface area contributed by atoms with E-state index in [4.69, 9.17) is 0 Å². The standard InChI is InChI=1S/C22H26N4OS/c1-4-26(5-2)15-18-11-9-17(10-12-18)14-24-21(27)20-16(3)25-22(28-20)19-8-6-7-13-23-19/h6-13H,4-5,14-15H2,1-3H3,(H,24,27). The van der Waals surface area contributed by atoms with Crippen molar-refractivity contribution in [2.75, 3.05) is 13.1 Å². The highest BCUT2D eigenvalue weighted by atomic mass is 32.1. The molecule has 0 saturated heterocycles. The Morgan fingerprint density at radius 1 is 1.07 bits per heavy atom. The first kappa shape index (κ1) is 20.2. The van der Waals surface area contributed by atoms with Crippen molar-refractivity contribution in [2.24, 2.45) is 0 Å². The maximum Gasteiger partial charge on any atom is 0.263 e. The van der Waals surface area contributed by atoms with Gasteiger partial charge < -0.3 is 5.32 Å². The van der Waals surface area contributed by atoms with E-state index in [1.807, 2.05) is 25.1 Å². The van der Waals surface area contributed by atoms with Crippen LogP contribution in [0.15, 0.2) is 48.7 Å². The van der Waals surface area contributed by atoms with Crippen LogP contribution in [0.25, 0.3) is 10.7 Å². The molecule has 1 N–H and O–H groups in total. The summed E-state index contributed by atoms with van der Waals surface area (Å²) in [6.07, 6.45) is 1.73. The van der Waals surface area contributed by atoms with Gasteiger partial charge in [0.05, 0.1) is 11.4 Å². The van der Waals surface area contributed by atoms with Gasteiger partial charge in [-0.3, -0.25) is 14.7 Å². The Hall–Kier alpha value is -2.57. The molecule has 146 valence electrons. The van der Waals surface area contributed by atoms with Crippen LogP contribution in [0.3, 0.4) is 0 Å². The Morgan fingerprint density at radius 2 is 1.79 bits per heavy atom. The highest BCUT2D eigenvalue weighted by molar-refractivity contribution is 7.17. The van der Waals surface area contributed by atoms with Crippen molar-refractivity contribution in [1.82, 2.24) is 20.2 Å². The summed E-state index contributed by atoms with van der Waals surface area (Å²) >= 11 is 1.38. The average Bonchev–Trinajstić information content (AvgIpc) is 3.13. The number of benzene rings is 1. The Bertz CT molecular complexity index is 902. The summed E-state index contributed by atoms with van der Waals surface area (Å²) in [5.41, 5.74) is 3.90. The predicted molar refractivity (Wildman–Crippen MR) is 114 cm³/mol. The molecule has 0 radical (unpaired) electrons. The molecule has 6 heteroatoms. The summed E-state index contributed by atoms with van der Waals surface area (Å²) in [7, 11) is 0. The van der Waals surface area contributed by atoms with Crippen molar-refractivity contribution >= 4 is 17.2 Å². The maximum atomic E-state index is 12.6. The Morgan fingerprint density at radius 3 is 2.43 bits per heavy atom. The molecule has 2 aromatic heterocycles. The molecule has 0 fully saturated rings. The van der Waals surface area contributed by atoms with Crippen LogP contribution in [0.5, 0.6) is 0 Å². The van der Waals surface area contributed by atoms with Crippen LogP contribution in [0.1, 0.15) is 40.3 Å². The minimum atomic E-state index is -0.0931. The maximum absolute atomic E-state index is 12.6. The molecule has 28 heavy (non-hydrogen) atoms. The minimum Gasteiger partial charge on any atom is -0.347 e. The normalized spacial score (nSPS) is 11.0. The van der Waals surface area contributed by atoms with Gasteiger partial charge in [-0.2, -0.15) is 0 Å². The first-order chi connectivity index (χ1) is 13.6. The predicted octanol–water partition coefficient (Wildman–Crippen LogP) is 4.29. The zero-order chi connectivity index (χ0) is 19.9. The lowest BCUT2D eigenvalue weighted by atomic mass is 10.1. The van der Waals surface area contributed by atoms with E-state index in [-0.39, 0.29) is 5.91 Å². The highest BCUT2D eigenvalue weighted by Crippen LogP contribution is 2.26. The number of nitrogens with zero attached hydrogens (tertiary/aromatic N) is 3. The number of aryl methyl sites for hydroxylation is 1. The summed E-state index contributed by atoms with van der Waals surface area (Å²) < 4.78 is 0. The number of carbonyl (C=O) groups is 1. The van der Waals surface area contributed by atoms with Gasteiger partial charge in [0.15, 0.2) is 0 Å². The Balaban J connectivity index is 1.61. The van der Waals surface area contributed by atoms with Crippen molar-refractivity contribution < 1.29 is 4.79 Å². The summed E-state index contributed by atoms with van der Waals surface area (Å²) in [5, 5.41) is 3.77. The number of carbonyl (C=O) groups excluding carboxylic acids is 1. The van der Waals surface area contributed by atoms with Gasteiger partial charge in [0.2, 0.25) is 0 Å². The molecule has 0 aliphatic heterocycles. The quantitative estimate of drug-likeness (QED) is 0.619. The van der Waals surface area contributed by atoms with Crippen LogP contribution in [0, 0.1) is 6.92 Å². The molecule has 0 atom stereocenters. The van der Waals surface area contributed by atoms with E-state index in [1.54, 1.807) is 6.20 Å². The second kappa shape index (κ2) is 9.57. The summed E-state index contributed by atoms with van der Waals surface area (Å²) in [6, 6.07) is 14.1. The lowest BCUT2D eigenvalue weighted by Gasteiger charge is -2.18. The molecule has 1 aromatic carbocycles. The number of nitrogens with one attached hydrogen (secondary N) is 1. The third-order valence-corrected chi connectivity index (χ3v) is 5.84. The first-order valence-electron chi connectivity index (χ1n) is 9.57. The van der Waals surface area contributed by atoms with Gasteiger partial charge in [-0.15, -0.1) is 11.3 Å². The number of thiazole rings is 1. The van der Waals surface area contributed by atoms with E-state index < -0.39 is 0 Å². The summed E-state index contributed by atoms with van der Waals surface area (Å²) in [4.78, 5) is 24.4. The Labute approximate surface area is 170 Å². The second-order valence-electron chi connectivity index (χ2n) is 6.61. The first-order valence-corrected chi connectivity index (χ1v) is 10.4. The zero-order valence-electron chi connectivity index (χ0n) is 16.6. The van der Waals surface area contributed by atoms with E-state index >= 15 is 0 Å². The van der Waals surface area contributed by atoms with Crippen molar-refractivity contribution in [2.45, 2.75) is 33.9 Å². The van der Waals surface area contributed by atoms with E-state index in [0.29, 0.717) is 11.4 Å². The van der Waals surface area contributed by atoms with E-state index in [0.717, 1.165) is 41.6 Å². The SMILES string of the molecule is CCN(CC)Cc1ccc(CNC(=O)c2sc(-c3ccccn3)nc2C)cc1. The second-order valence-corrected chi connectivity index (χ2v) is 7.61. The molecule has 3 rings (SSSR count). The molecule has 3 aromatic rings. The van der Waals surface area contributed by atoms with Crippen LogP contribution in [0.4, 0.5) is 0 Å². The molecule has 0 aliphatic carbocycles. The van der Waals surface area contributed by atoms with E-state index in [2.05, 4.69) is 58.3 Å². The number of pyridine rings is 1. The number of aromatic nitrogens is 2. The number of rotatable bonds is 8. The van der Waals surface area contributed by atoms with Crippen LogP contribution >= 0.6 is 11.3 Å². The fourth-order valence-electron chi connectivity index (χ4n) is 2.94. The fraction of sp³-hybridized carbons (Fsp3) is 0.318. The lowest BCUT2D eigenvalue weighted by Crippen LogP contribution is -2.23. The van der Waals surface area contributed by atoms with Crippen molar-refractivity contribution in [3.05, 3.63) is 70.4 Å². The molecule has 0 spiro atoms. The van der Waals surface area contributed by atoms with Gasteiger partial charge in [-0.05, 0) is 43.3 Å². The molecule has 2 heterocycles. The molecular formula is C22H26N4OS. The van der Waals surface area contributed by atoms with Gasteiger partial charge in [0.25, 0.3) is 5.91 Å². The van der Waals surface area contributed by atoms with Crippen LogP contribution < -0.4 is 5.32 Å². The van der Waals surface area contributed by atoms with Crippen molar-refractivity contribution in [1.29, 1.82) is 0 Å². The van der Waals surface area contributed by atoms with Gasteiger partial charge in [-0.1, -0.05) is 44.2 Å². The van der Waals surface area contributed by atoms with Gasteiger partial charge in [0, 0.05) is 19.3 Å². The van der Waals surface area contributed by atoms with Gasteiger partial charge in [-0.25, -0.2) is 4.98 Å². The molecule has 0 bridgehead atoms. The summed E-state index contributed by atoms with van der Waals surface area (Å²) in [6.45, 7) is 9.75. The lowest BCUT2D eigenvalue weighted by molar-refractivity contribution is 0.0954. The smallest absolute Gasteiger partial charge is 0.263 e. The fourth-order valence-corrected chi connectivity index (χ4v) is 3.90. The van der Waals surface area contributed by atoms with Crippen molar-refractivity contribution in [3.63, 3.8) is 0 Å². The third kappa shape index (κ3) is 5.03. The van der Waals surface area contributed by atoms with Gasteiger partial charge in [0.1, 0.15) is 9.88 Å². The molecule has 0 saturated carbocycles. The van der Waals surface area contributed by atoms with Crippen molar-refractivity contribution in [3.8, 4) is 10.7 Å². The number of hydrogen-bond acceptors (Lipinski definition) is 5. The monoisotopic (exact) mass is 394 g/mol. The Kier molecular flexibility index (Phi) is 6.90. The van der Waals surface area contributed by atoms with E-state index in [1.165, 1.54) is 16.9 Å². The topological polar surface area (TPSA) is 58.1 Å². The van der Waals surface area contributed by atoms with Crippen LogP contribution in [-0.4, -0.2) is 33.9 Å². The van der Waals surface area contributed by atoms with Crippen LogP contribution in [0.2, 0.25) is 0 Å². The van der Waals surface area contributed by atoms with Crippen LogP contribution in [-0.2, 0) is 13.1 Å². The highest BCUT2D eigenvalue weighted by Gasteiger charge is 2.16. The zero-order valence-corrected chi connectivity index (χ0v) is 17.4. The summed E-state index contributed by atoms with van der Waals surface area (Å²) in [5.74, 6) is -0.0931. The molecule has 1 amide bonds. The molecule has 0 aliphatic rings. The number of hydrogen-bond donors (Lipinski definition) is 1. The van der Waals surface area contributed by atoms with E-state index in [9.17, 15) is 4.79 Å². The average molecular weight is 395 g/mol. The molecule has 5 nitrogen and oxygen atoms in total. The third-order valence-electron chi connectivity index (χ3n) is 4.66. The molecular weight excluding hydrogens is 368 g/mol. The minimum absolute atomic E-state index is 0.0931.